The fraction of sp³-hybridized carbons (Fsp3) is 0.562. The molecule has 0 saturated carbocycles. The molecule has 2 aliphatic rings. The average molecular weight is 308 g/mol. The number of benzene rings is 1. The van der Waals surface area contributed by atoms with Gasteiger partial charge in [-0.3, -0.25) is 4.79 Å². The summed E-state index contributed by atoms with van der Waals surface area (Å²) in [5, 5.41) is 3.59. The minimum Gasteiger partial charge on any atom is -0.341 e. The van der Waals surface area contributed by atoms with Crippen LogP contribution in [0.3, 0.4) is 0 Å². The maximum atomic E-state index is 12.8. The molecule has 0 aromatic heterocycles. The number of hydrogen-bond donors (Lipinski definition) is 1. The van der Waals surface area contributed by atoms with E-state index in [1.807, 2.05) is 4.90 Å². The van der Waals surface area contributed by atoms with Crippen molar-refractivity contribution in [1.29, 1.82) is 0 Å². The smallest absolute Gasteiger partial charge is 0.223 e. The highest BCUT2D eigenvalue weighted by atomic mass is 32.2. The van der Waals surface area contributed by atoms with Gasteiger partial charge in [0, 0.05) is 42.2 Å². The lowest BCUT2D eigenvalue weighted by atomic mass is 10.1. The Balaban J connectivity index is 1.44. The largest absolute Gasteiger partial charge is 0.341 e. The maximum absolute atomic E-state index is 12.8. The monoisotopic (exact) mass is 308 g/mol. The fourth-order valence-electron chi connectivity index (χ4n) is 3.11. The molecule has 0 radical (unpaired) electrons. The summed E-state index contributed by atoms with van der Waals surface area (Å²) in [6, 6.07) is 7.55. The second-order valence-electron chi connectivity index (χ2n) is 5.82. The molecular formula is C16H21FN2OS. The highest BCUT2D eigenvalue weighted by Crippen LogP contribution is 2.22. The lowest BCUT2D eigenvalue weighted by molar-refractivity contribution is -0.130. The van der Waals surface area contributed by atoms with Crippen LogP contribution in [0.1, 0.15) is 25.7 Å². The van der Waals surface area contributed by atoms with E-state index in [1.165, 1.54) is 25.0 Å². The highest BCUT2D eigenvalue weighted by Gasteiger charge is 2.30. The SMILES string of the molecule is O=C(CCSc1ccc(F)cc1)N1CCC2CCC(C1)N2. The van der Waals surface area contributed by atoms with Crippen LogP contribution in [0.2, 0.25) is 0 Å². The van der Waals surface area contributed by atoms with Gasteiger partial charge in [0.1, 0.15) is 5.82 Å². The van der Waals surface area contributed by atoms with Crippen LogP contribution in [0, 0.1) is 5.82 Å². The van der Waals surface area contributed by atoms with Crippen molar-refractivity contribution >= 4 is 17.7 Å². The van der Waals surface area contributed by atoms with E-state index in [0.29, 0.717) is 18.5 Å². The van der Waals surface area contributed by atoms with Crippen LogP contribution >= 0.6 is 11.8 Å². The van der Waals surface area contributed by atoms with Gasteiger partial charge in [-0.15, -0.1) is 11.8 Å². The van der Waals surface area contributed by atoms with Crippen LogP contribution in [0.25, 0.3) is 0 Å². The summed E-state index contributed by atoms with van der Waals surface area (Å²) in [4.78, 5) is 15.3. The molecule has 2 fully saturated rings. The van der Waals surface area contributed by atoms with Gasteiger partial charge in [-0.1, -0.05) is 0 Å². The number of thioether (sulfide) groups is 1. The van der Waals surface area contributed by atoms with Gasteiger partial charge >= 0.3 is 0 Å². The Morgan fingerprint density at radius 3 is 2.81 bits per heavy atom. The molecule has 0 aliphatic carbocycles. The van der Waals surface area contributed by atoms with E-state index in [4.69, 9.17) is 0 Å². The minimum absolute atomic E-state index is 0.220. The van der Waals surface area contributed by atoms with E-state index < -0.39 is 0 Å². The van der Waals surface area contributed by atoms with Crippen LogP contribution in [-0.4, -0.2) is 41.7 Å². The van der Waals surface area contributed by atoms with Crippen molar-refractivity contribution in [2.45, 2.75) is 42.7 Å². The van der Waals surface area contributed by atoms with Crippen molar-refractivity contribution in [2.24, 2.45) is 0 Å². The van der Waals surface area contributed by atoms with Crippen LogP contribution in [0.5, 0.6) is 0 Å². The predicted molar refractivity (Wildman–Crippen MR) is 82.9 cm³/mol. The van der Waals surface area contributed by atoms with Crippen LogP contribution in [-0.2, 0) is 4.79 Å². The van der Waals surface area contributed by atoms with E-state index in [2.05, 4.69) is 5.32 Å². The number of likely N-dealkylation sites (tertiary alicyclic amines) is 1. The van der Waals surface area contributed by atoms with E-state index in [9.17, 15) is 9.18 Å². The molecule has 2 unspecified atom stereocenters. The Hall–Kier alpha value is -1.07. The Bertz CT molecular complexity index is 494. The molecular weight excluding hydrogens is 287 g/mol. The Labute approximate surface area is 129 Å². The fourth-order valence-corrected chi connectivity index (χ4v) is 3.96. The minimum atomic E-state index is -0.220. The van der Waals surface area contributed by atoms with E-state index in [-0.39, 0.29) is 11.7 Å². The van der Waals surface area contributed by atoms with E-state index in [0.717, 1.165) is 30.2 Å². The normalized spacial score (nSPS) is 24.9. The van der Waals surface area contributed by atoms with Gasteiger partial charge in [0.15, 0.2) is 0 Å². The lowest BCUT2D eigenvalue weighted by Gasteiger charge is -2.24. The molecule has 2 atom stereocenters. The summed E-state index contributed by atoms with van der Waals surface area (Å²) in [5.74, 6) is 0.782. The molecule has 1 aromatic carbocycles. The van der Waals surface area contributed by atoms with Gasteiger partial charge in [0.05, 0.1) is 0 Å². The van der Waals surface area contributed by atoms with Crippen molar-refractivity contribution in [3.05, 3.63) is 30.1 Å². The summed E-state index contributed by atoms with van der Waals surface area (Å²) in [6.07, 6.45) is 4.08. The molecule has 1 N–H and O–H groups in total. The number of nitrogens with one attached hydrogen (secondary N) is 1. The molecule has 1 aromatic rings. The first-order chi connectivity index (χ1) is 10.2. The van der Waals surface area contributed by atoms with Gasteiger partial charge < -0.3 is 10.2 Å². The van der Waals surface area contributed by atoms with Crippen LogP contribution in [0.15, 0.2) is 29.2 Å². The van der Waals surface area contributed by atoms with Crippen molar-refractivity contribution < 1.29 is 9.18 Å². The van der Waals surface area contributed by atoms with Crippen molar-refractivity contribution in [3.8, 4) is 0 Å². The van der Waals surface area contributed by atoms with Crippen molar-refractivity contribution in [1.82, 2.24) is 10.2 Å². The number of halogens is 1. The third kappa shape index (κ3) is 3.98. The third-order valence-corrected chi connectivity index (χ3v) is 5.29. The summed E-state index contributed by atoms with van der Waals surface area (Å²) < 4.78 is 12.8. The number of nitrogens with zero attached hydrogens (tertiary/aromatic N) is 1. The average Bonchev–Trinajstić information content (AvgIpc) is 2.80. The molecule has 3 rings (SSSR count). The number of amides is 1. The molecule has 114 valence electrons. The quantitative estimate of drug-likeness (QED) is 0.868. The first-order valence-electron chi connectivity index (χ1n) is 7.63. The second-order valence-corrected chi connectivity index (χ2v) is 6.99. The number of carbonyl (C=O) groups excluding carboxylic acids is 1. The third-order valence-electron chi connectivity index (χ3n) is 4.27. The Morgan fingerprint density at radius 1 is 1.24 bits per heavy atom. The molecule has 2 saturated heterocycles. The molecule has 3 nitrogen and oxygen atoms in total. The molecule has 2 bridgehead atoms. The molecule has 21 heavy (non-hydrogen) atoms. The lowest BCUT2D eigenvalue weighted by Crippen LogP contribution is -2.39. The van der Waals surface area contributed by atoms with Gasteiger partial charge in [-0.25, -0.2) is 4.39 Å². The molecule has 2 aliphatic heterocycles. The molecule has 2 heterocycles. The van der Waals surface area contributed by atoms with Gasteiger partial charge in [-0.05, 0) is 43.5 Å². The maximum Gasteiger partial charge on any atom is 0.223 e. The van der Waals surface area contributed by atoms with E-state index >= 15 is 0 Å². The van der Waals surface area contributed by atoms with Crippen LogP contribution in [0.4, 0.5) is 4.39 Å². The highest BCUT2D eigenvalue weighted by molar-refractivity contribution is 7.99. The van der Waals surface area contributed by atoms with Gasteiger partial charge in [-0.2, -0.15) is 0 Å². The van der Waals surface area contributed by atoms with Gasteiger partial charge in [0.25, 0.3) is 0 Å². The molecule has 5 heteroatoms. The zero-order valence-corrected chi connectivity index (χ0v) is 12.9. The second kappa shape index (κ2) is 6.79. The molecule has 1 amide bonds. The first-order valence-corrected chi connectivity index (χ1v) is 8.61. The van der Waals surface area contributed by atoms with Crippen molar-refractivity contribution in [3.63, 3.8) is 0 Å². The number of rotatable bonds is 4. The first kappa shape index (κ1) is 14.9. The summed E-state index contributed by atoms with van der Waals surface area (Å²) >= 11 is 1.61. The van der Waals surface area contributed by atoms with E-state index in [1.54, 1.807) is 23.9 Å². The van der Waals surface area contributed by atoms with Crippen molar-refractivity contribution in [2.75, 3.05) is 18.8 Å². The summed E-state index contributed by atoms with van der Waals surface area (Å²) in [6.45, 7) is 1.74. The Morgan fingerprint density at radius 2 is 2.00 bits per heavy atom. The predicted octanol–water partition coefficient (Wildman–Crippen LogP) is 2.66. The number of hydrogen-bond acceptors (Lipinski definition) is 3. The summed E-state index contributed by atoms with van der Waals surface area (Å²) in [7, 11) is 0. The zero-order chi connectivity index (χ0) is 14.7. The standard InChI is InChI=1S/C16H21FN2OS/c17-12-1-5-15(6-2-12)21-10-8-16(20)19-9-7-13-3-4-14(11-19)18-13/h1-2,5-6,13-14,18H,3-4,7-11H2. The number of carbonyl (C=O) groups is 1. The van der Waals surface area contributed by atoms with Crippen LogP contribution < -0.4 is 5.32 Å². The zero-order valence-electron chi connectivity index (χ0n) is 12.1. The van der Waals surface area contributed by atoms with Gasteiger partial charge in [0.2, 0.25) is 5.91 Å². The Kier molecular flexibility index (Phi) is 4.80. The number of fused-ring (bicyclic) bond motifs is 2. The summed E-state index contributed by atoms with van der Waals surface area (Å²) in [5.41, 5.74) is 0. The molecule has 0 spiro atoms. The topological polar surface area (TPSA) is 32.3 Å².